The van der Waals surface area contributed by atoms with Gasteiger partial charge in [-0.3, -0.25) is 4.79 Å². The van der Waals surface area contributed by atoms with Crippen LogP contribution in [-0.4, -0.2) is 23.5 Å². The molecular weight excluding hydrogens is 317 g/mol. The molecule has 3 N–H and O–H groups in total. The highest BCUT2D eigenvalue weighted by Crippen LogP contribution is 2.31. The zero-order valence-electron chi connectivity index (χ0n) is 10.7. The van der Waals surface area contributed by atoms with Gasteiger partial charge in [0.1, 0.15) is 0 Å². The number of benzene rings is 1. The van der Waals surface area contributed by atoms with Crippen molar-refractivity contribution in [1.82, 2.24) is 10.3 Å². The Labute approximate surface area is 134 Å². The summed E-state index contributed by atoms with van der Waals surface area (Å²) >= 11 is 1.54. The molecule has 1 unspecified atom stereocenters. The van der Waals surface area contributed by atoms with Crippen LogP contribution in [0.15, 0.2) is 23.7 Å². The third-order valence-corrected chi connectivity index (χ3v) is 4.11. The van der Waals surface area contributed by atoms with E-state index in [1.807, 2.05) is 12.1 Å². The van der Waals surface area contributed by atoms with Crippen LogP contribution in [0.5, 0.6) is 0 Å². The van der Waals surface area contributed by atoms with Crippen molar-refractivity contribution in [2.45, 2.75) is 18.9 Å². The van der Waals surface area contributed by atoms with Crippen molar-refractivity contribution in [3.05, 3.63) is 29.3 Å². The fraction of sp³-hybridized carbons (Fsp3) is 0.385. The van der Waals surface area contributed by atoms with Gasteiger partial charge >= 0.3 is 0 Å². The molecule has 1 aromatic heterocycles. The molecule has 1 atom stereocenters. The minimum absolute atomic E-state index is 0. The zero-order valence-corrected chi connectivity index (χ0v) is 13.2. The number of carbonyl (C=O) groups excluding carboxylic acids is 1. The maximum absolute atomic E-state index is 12.0. The van der Waals surface area contributed by atoms with Gasteiger partial charge in [-0.1, -0.05) is 0 Å². The molecule has 1 fully saturated rings. The van der Waals surface area contributed by atoms with Crippen LogP contribution in [0.4, 0.5) is 0 Å². The molecule has 20 heavy (non-hydrogen) atoms. The van der Waals surface area contributed by atoms with E-state index in [1.54, 1.807) is 22.9 Å². The first kappa shape index (κ1) is 17.2. The van der Waals surface area contributed by atoms with Crippen molar-refractivity contribution in [2.24, 2.45) is 11.7 Å². The summed E-state index contributed by atoms with van der Waals surface area (Å²) in [6.45, 7) is 0.560. The van der Waals surface area contributed by atoms with Crippen LogP contribution >= 0.6 is 36.2 Å². The number of hydrogen-bond donors (Lipinski definition) is 2. The van der Waals surface area contributed by atoms with Crippen LogP contribution in [0.3, 0.4) is 0 Å². The zero-order chi connectivity index (χ0) is 12.5. The molecule has 1 amide bonds. The molecule has 1 heterocycles. The van der Waals surface area contributed by atoms with Crippen LogP contribution in [0.1, 0.15) is 23.2 Å². The molecular formula is C13H17Cl2N3OS. The fourth-order valence-corrected chi connectivity index (χ4v) is 2.72. The Morgan fingerprint density at radius 1 is 1.45 bits per heavy atom. The number of hydrogen-bond acceptors (Lipinski definition) is 4. The second-order valence-electron chi connectivity index (χ2n) is 4.75. The molecule has 1 aliphatic rings. The Morgan fingerprint density at radius 2 is 2.20 bits per heavy atom. The Kier molecular flexibility index (Phi) is 6.20. The number of thiazole rings is 1. The summed E-state index contributed by atoms with van der Waals surface area (Å²) in [6.07, 6.45) is 2.40. The third kappa shape index (κ3) is 3.82. The van der Waals surface area contributed by atoms with Gasteiger partial charge in [0.25, 0.3) is 5.91 Å². The second kappa shape index (κ2) is 7.22. The molecule has 2 aromatic rings. The topological polar surface area (TPSA) is 68.0 Å². The number of halogens is 2. The van der Waals surface area contributed by atoms with Gasteiger partial charge in [-0.25, -0.2) is 4.98 Å². The molecule has 0 aliphatic heterocycles. The lowest BCUT2D eigenvalue weighted by molar-refractivity contribution is 0.0950. The molecule has 1 aromatic carbocycles. The lowest BCUT2D eigenvalue weighted by Gasteiger charge is -2.11. The van der Waals surface area contributed by atoms with Crippen molar-refractivity contribution in [3.63, 3.8) is 0 Å². The first-order valence-corrected chi connectivity index (χ1v) is 6.99. The molecule has 0 bridgehead atoms. The van der Waals surface area contributed by atoms with Gasteiger partial charge in [0.2, 0.25) is 0 Å². The number of amides is 1. The molecule has 0 spiro atoms. The fourth-order valence-electron chi connectivity index (χ4n) is 2.00. The van der Waals surface area contributed by atoms with Crippen molar-refractivity contribution >= 4 is 52.3 Å². The largest absolute Gasteiger partial charge is 0.350 e. The predicted octanol–water partition coefficient (Wildman–Crippen LogP) is 2.61. The van der Waals surface area contributed by atoms with E-state index in [-0.39, 0.29) is 36.8 Å². The third-order valence-electron chi connectivity index (χ3n) is 3.32. The van der Waals surface area contributed by atoms with Gasteiger partial charge in [0.15, 0.2) is 0 Å². The van der Waals surface area contributed by atoms with Crippen LogP contribution in [0.2, 0.25) is 0 Å². The summed E-state index contributed by atoms with van der Waals surface area (Å²) in [6, 6.07) is 5.66. The van der Waals surface area contributed by atoms with E-state index in [4.69, 9.17) is 5.73 Å². The minimum Gasteiger partial charge on any atom is -0.350 e. The molecule has 7 heteroatoms. The number of nitrogens with two attached hydrogens (primary N) is 1. The summed E-state index contributed by atoms with van der Waals surface area (Å²) in [5.41, 5.74) is 9.36. The van der Waals surface area contributed by atoms with Gasteiger partial charge in [-0.05, 0) is 37.0 Å². The maximum atomic E-state index is 12.0. The molecule has 0 radical (unpaired) electrons. The molecule has 3 rings (SSSR count). The summed E-state index contributed by atoms with van der Waals surface area (Å²) < 4.78 is 1.04. The van der Waals surface area contributed by atoms with Crippen LogP contribution in [0.25, 0.3) is 10.2 Å². The van der Waals surface area contributed by atoms with E-state index in [1.165, 1.54) is 12.8 Å². The van der Waals surface area contributed by atoms with Crippen molar-refractivity contribution in [3.8, 4) is 0 Å². The van der Waals surface area contributed by atoms with Crippen molar-refractivity contribution in [1.29, 1.82) is 0 Å². The lowest BCUT2D eigenvalue weighted by atomic mass is 10.1. The SMILES string of the molecule is Cl.Cl.NC(CNC(=O)c1ccc2ncsc2c1)C1CC1. The predicted molar refractivity (Wildman–Crippen MR) is 87.1 cm³/mol. The summed E-state index contributed by atoms with van der Waals surface area (Å²) in [5, 5.41) is 2.90. The molecule has 110 valence electrons. The van der Waals surface area contributed by atoms with Crippen LogP contribution in [0, 0.1) is 5.92 Å². The summed E-state index contributed by atoms with van der Waals surface area (Å²) in [5.74, 6) is 0.552. The first-order valence-electron chi connectivity index (χ1n) is 6.11. The van der Waals surface area contributed by atoms with Gasteiger partial charge in [-0.2, -0.15) is 0 Å². The Morgan fingerprint density at radius 3 is 2.90 bits per heavy atom. The molecule has 1 aliphatic carbocycles. The van der Waals surface area contributed by atoms with Crippen molar-refractivity contribution < 1.29 is 4.79 Å². The van der Waals surface area contributed by atoms with Crippen LogP contribution in [-0.2, 0) is 0 Å². The van der Waals surface area contributed by atoms with Crippen molar-refractivity contribution in [2.75, 3.05) is 6.54 Å². The number of carbonyl (C=O) groups is 1. The highest BCUT2D eigenvalue weighted by Gasteiger charge is 2.28. The monoisotopic (exact) mass is 333 g/mol. The van der Waals surface area contributed by atoms with Gasteiger partial charge < -0.3 is 11.1 Å². The van der Waals surface area contributed by atoms with Crippen LogP contribution < -0.4 is 11.1 Å². The number of rotatable bonds is 4. The number of nitrogens with one attached hydrogen (secondary N) is 1. The molecule has 4 nitrogen and oxygen atoms in total. The Bertz CT molecular complexity index is 586. The van der Waals surface area contributed by atoms with E-state index < -0.39 is 0 Å². The average Bonchev–Trinajstić information content (AvgIpc) is 3.13. The molecule has 1 saturated carbocycles. The minimum atomic E-state index is -0.0543. The quantitative estimate of drug-likeness (QED) is 0.903. The van der Waals surface area contributed by atoms with E-state index in [0.717, 1.165) is 10.2 Å². The van der Waals surface area contributed by atoms with Gasteiger partial charge in [0, 0.05) is 18.2 Å². The highest BCUT2D eigenvalue weighted by molar-refractivity contribution is 7.16. The highest BCUT2D eigenvalue weighted by atomic mass is 35.5. The van der Waals surface area contributed by atoms with E-state index in [9.17, 15) is 4.79 Å². The number of aromatic nitrogens is 1. The second-order valence-corrected chi connectivity index (χ2v) is 5.63. The Balaban J connectivity index is 0.000001000. The van der Waals surface area contributed by atoms with E-state index >= 15 is 0 Å². The number of fused-ring (bicyclic) bond motifs is 1. The Hall–Kier alpha value is -0.880. The van der Waals surface area contributed by atoms with Gasteiger partial charge in [-0.15, -0.1) is 36.2 Å². The standard InChI is InChI=1S/C13H15N3OS.2ClH/c14-10(8-1-2-8)6-15-13(17)9-3-4-11-12(5-9)18-7-16-11;;/h3-5,7-8,10H,1-2,6,14H2,(H,15,17);2*1H. The first-order chi connectivity index (χ1) is 8.74. The normalized spacial score (nSPS) is 15.1. The smallest absolute Gasteiger partial charge is 0.251 e. The molecule has 0 saturated heterocycles. The number of nitrogens with zero attached hydrogens (tertiary/aromatic N) is 1. The average molecular weight is 334 g/mol. The maximum Gasteiger partial charge on any atom is 0.251 e. The lowest BCUT2D eigenvalue weighted by Crippen LogP contribution is -2.38. The summed E-state index contributed by atoms with van der Waals surface area (Å²) in [4.78, 5) is 16.2. The van der Waals surface area contributed by atoms with E-state index in [0.29, 0.717) is 18.0 Å². The summed E-state index contributed by atoms with van der Waals surface area (Å²) in [7, 11) is 0. The van der Waals surface area contributed by atoms with E-state index in [2.05, 4.69) is 10.3 Å². The van der Waals surface area contributed by atoms with Gasteiger partial charge in [0.05, 0.1) is 15.7 Å².